The second kappa shape index (κ2) is 18.6. The molecular weight excluding hydrogens is 540 g/mol. The lowest BCUT2D eigenvalue weighted by molar-refractivity contribution is -0.302. The highest BCUT2D eigenvalue weighted by molar-refractivity contribution is 7.81. The highest BCUT2D eigenvalue weighted by Crippen LogP contribution is 2.23. The number of ether oxygens (including phenoxy) is 2. The molecule has 0 spiro atoms. The molecule has 40 heavy (non-hydrogen) atoms. The molecule has 0 bridgehead atoms. The quantitative estimate of drug-likeness (QED) is 0.0872. The molecule has 0 aliphatic carbocycles. The summed E-state index contributed by atoms with van der Waals surface area (Å²) in [5.74, 6) is -0.495. The molecule has 1 saturated heterocycles. The van der Waals surface area contributed by atoms with E-state index in [1.165, 1.54) is 12.5 Å². The van der Waals surface area contributed by atoms with E-state index in [1.807, 2.05) is 18.2 Å². The van der Waals surface area contributed by atoms with Crippen LogP contribution in [0.4, 0.5) is 0 Å². The Bertz CT molecular complexity index is 863. The fourth-order valence-electron chi connectivity index (χ4n) is 4.57. The summed E-state index contributed by atoms with van der Waals surface area (Å²) in [5.41, 5.74) is 1.34. The van der Waals surface area contributed by atoms with Crippen molar-refractivity contribution in [3.05, 3.63) is 35.9 Å². The third-order valence-corrected chi connectivity index (χ3v) is 7.51. The van der Waals surface area contributed by atoms with Crippen molar-refractivity contribution >= 4 is 24.4 Å². The first-order valence-corrected chi connectivity index (χ1v) is 14.5. The Balaban J connectivity index is 1.66. The molecule has 1 heterocycles. The molecule has 8 atom stereocenters. The number of amides is 2. The third-order valence-electron chi connectivity index (χ3n) is 6.94. The number of aryl methyl sites for hydroxylation is 1. The van der Waals surface area contributed by atoms with Crippen LogP contribution in [0.25, 0.3) is 0 Å². The van der Waals surface area contributed by atoms with Gasteiger partial charge in [-0.3, -0.25) is 9.59 Å². The summed E-state index contributed by atoms with van der Waals surface area (Å²) in [6.45, 7) is 0.988. The SMILES string of the molecule is CC(=O)N[C@@H](CO[C@H]1OC(CO)[C@H](O)C(O)[C@@H]1O)[C@H](O)[C@H](S)CCCC(=O)NCCCCCCc1ccccc1. The molecule has 1 aliphatic heterocycles. The summed E-state index contributed by atoms with van der Waals surface area (Å²) in [4.78, 5) is 23.9. The van der Waals surface area contributed by atoms with E-state index in [0.717, 1.165) is 32.1 Å². The van der Waals surface area contributed by atoms with Crippen LogP contribution in [0, 0.1) is 0 Å². The molecule has 7 N–H and O–H groups in total. The van der Waals surface area contributed by atoms with Crippen molar-refractivity contribution in [2.24, 2.45) is 0 Å². The number of aliphatic hydroxyl groups excluding tert-OH is 5. The molecule has 2 unspecified atom stereocenters. The third kappa shape index (κ3) is 12.0. The van der Waals surface area contributed by atoms with Crippen molar-refractivity contribution in [3.63, 3.8) is 0 Å². The number of aliphatic hydroxyl groups is 5. The Kier molecular flexibility index (Phi) is 16.0. The van der Waals surface area contributed by atoms with Crippen LogP contribution in [-0.4, -0.2) is 105 Å². The number of nitrogens with one attached hydrogen (secondary N) is 2. The van der Waals surface area contributed by atoms with Crippen LogP contribution in [0.1, 0.15) is 57.4 Å². The molecule has 0 radical (unpaired) electrons. The summed E-state index contributed by atoms with van der Waals surface area (Å²) in [6, 6.07) is 9.44. The molecule has 228 valence electrons. The first-order chi connectivity index (χ1) is 19.1. The zero-order valence-electron chi connectivity index (χ0n) is 23.1. The topological polar surface area (TPSA) is 178 Å². The van der Waals surface area contributed by atoms with Gasteiger partial charge in [0.2, 0.25) is 11.8 Å². The van der Waals surface area contributed by atoms with Gasteiger partial charge in [0, 0.05) is 25.1 Å². The van der Waals surface area contributed by atoms with E-state index >= 15 is 0 Å². The number of hydrogen-bond acceptors (Lipinski definition) is 10. The van der Waals surface area contributed by atoms with Gasteiger partial charge in [0.15, 0.2) is 6.29 Å². The van der Waals surface area contributed by atoms with E-state index in [4.69, 9.17) is 9.47 Å². The highest BCUT2D eigenvalue weighted by atomic mass is 32.1. The van der Waals surface area contributed by atoms with E-state index in [1.54, 1.807) is 0 Å². The fourth-order valence-corrected chi connectivity index (χ4v) is 4.96. The average Bonchev–Trinajstić information content (AvgIpc) is 2.94. The van der Waals surface area contributed by atoms with E-state index in [2.05, 4.69) is 35.4 Å². The monoisotopic (exact) mass is 586 g/mol. The molecule has 2 amide bonds. The van der Waals surface area contributed by atoms with Crippen molar-refractivity contribution < 1.29 is 44.6 Å². The van der Waals surface area contributed by atoms with Crippen molar-refractivity contribution in [3.8, 4) is 0 Å². The van der Waals surface area contributed by atoms with Crippen LogP contribution < -0.4 is 10.6 Å². The van der Waals surface area contributed by atoms with Crippen molar-refractivity contribution in [1.82, 2.24) is 10.6 Å². The smallest absolute Gasteiger partial charge is 0.219 e. The summed E-state index contributed by atoms with van der Waals surface area (Å²) < 4.78 is 10.8. The predicted molar refractivity (Wildman–Crippen MR) is 152 cm³/mol. The van der Waals surface area contributed by atoms with Crippen molar-refractivity contribution in [1.29, 1.82) is 0 Å². The zero-order valence-corrected chi connectivity index (χ0v) is 24.0. The molecule has 1 fully saturated rings. The second-order valence-electron chi connectivity index (χ2n) is 10.3. The van der Waals surface area contributed by atoms with Gasteiger partial charge in [-0.1, -0.05) is 43.2 Å². The lowest BCUT2D eigenvalue weighted by Gasteiger charge is -2.40. The molecule has 0 saturated carbocycles. The molecule has 1 aromatic rings. The van der Waals surface area contributed by atoms with Crippen LogP contribution in [0.2, 0.25) is 0 Å². The molecule has 2 rings (SSSR count). The van der Waals surface area contributed by atoms with Gasteiger partial charge in [-0.15, -0.1) is 0 Å². The minimum Gasteiger partial charge on any atom is -0.394 e. The lowest BCUT2D eigenvalue weighted by atomic mass is 9.99. The Morgan fingerprint density at radius 2 is 1.73 bits per heavy atom. The van der Waals surface area contributed by atoms with Gasteiger partial charge in [0.25, 0.3) is 0 Å². The van der Waals surface area contributed by atoms with Gasteiger partial charge in [-0.2, -0.15) is 12.6 Å². The van der Waals surface area contributed by atoms with Crippen LogP contribution in [0.5, 0.6) is 0 Å². The zero-order chi connectivity index (χ0) is 29.5. The lowest BCUT2D eigenvalue weighted by Crippen LogP contribution is -2.60. The molecule has 1 aromatic carbocycles. The minimum atomic E-state index is -1.61. The number of carbonyl (C=O) groups excluding carboxylic acids is 2. The largest absolute Gasteiger partial charge is 0.394 e. The maximum Gasteiger partial charge on any atom is 0.219 e. The van der Waals surface area contributed by atoms with Gasteiger partial charge >= 0.3 is 0 Å². The summed E-state index contributed by atoms with van der Waals surface area (Å²) >= 11 is 4.45. The number of benzene rings is 1. The van der Waals surface area contributed by atoms with Gasteiger partial charge in [0.05, 0.1) is 25.4 Å². The second-order valence-corrected chi connectivity index (χ2v) is 11.0. The molecular formula is C28H46N2O9S. The van der Waals surface area contributed by atoms with E-state index in [9.17, 15) is 35.1 Å². The molecule has 0 aromatic heterocycles. The molecule has 12 heteroatoms. The number of thiol groups is 1. The summed E-state index contributed by atoms with van der Waals surface area (Å²) in [6.07, 6.45) is -2.02. The van der Waals surface area contributed by atoms with Gasteiger partial charge in [-0.25, -0.2) is 0 Å². The molecule has 11 nitrogen and oxygen atoms in total. The number of rotatable bonds is 18. The Morgan fingerprint density at radius 1 is 1.02 bits per heavy atom. The first kappa shape index (κ1) is 34.4. The van der Waals surface area contributed by atoms with Crippen LogP contribution in [0.3, 0.4) is 0 Å². The predicted octanol–water partition coefficient (Wildman–Crippen LogP) is 0.0565. The Hall–Kier alpha value is -1.77. The van der Waals surface area contributed by atoms with Crippen LogP contribution in [-0.2, 0) is 25.5 Å². The van der Waals surface area contributed by atoms with Gasteiger partial charge in [0.1, 0.15) is 24.4 Å². The fraction of sp³-hybridized carbons (Fsp3) is 0.714. The van der Waals surface area contributed by atoms with Crippen LogP contribution >= 0.6 is 12.6 Å². The number of hydrogen-bond donors (Lipinski definition) is 8. The van der Waals surface area contributed by atoms with Crippen molar-refractivity contribution in [2.75, 3.05) is 19.8 Å². The standard InChI is InChI=1S/C28H46N2O9S/c1-18(32)30-20(17-38-28-27(37)26(36)25(35)21(16-31)39-28)24(34)22(40)13-9-14-23(33)29-15-8-3-2-5-10-19-11-6-4-7-12-19/h4,6-7,11-12,20-22,24-28,31,34-37,40H,2-3,5,8-10,13-17H2,1H3,(H,29,33)(H,30,32)/t20-,21?,22+,24-,25-,26?,27-,28-/m0/s1. The van der Waals surface area contributed by atoms with E-state index < -0.39 is 60.6 Å². The number of unbranched alkanes of at least 4 members (excludes halogenated alkanes) is 3. The van der Waals surface area contributed by atoms with Crippen LogP contribution in [0.15, 0.2) is 30.3 Å². The summed E-state index contributed by atoms with van der Waals surface area (Å²) in [5, 5.41) is 55.0. The average molecular weight is 587 g/mol. The van der Waals surface area contributed by atoms with Gasteiger partial charge in [-0.05, 0) is 37.7 Å². The number of carbonyl (C=O) groups is 2. The maximum absolute atomic E-state index is 12.2. The Morgan fingerprint density at radius 3 is 2.40 bits per heavy atom. The molecule has 1 aliphatic rings. The van der Waals surface area contributed by atoms with E-state index in [0.29, 0.717) is 19.4 Å². The van der Waals surface area contributed by atoms with E-state index in [-0.39, 0.29) is 18.9 Å². The van der Waals surface area contributed by atoms with Crippen molar-refractivity contribution in [2.45, 2.75) is 106 Å². The normalized spacial score (nSPS) is 25.1. The maximum atomic E-state index is 12.2. The summed E-state index contributed by atoms with van der Waals surface area (Å²) in [7, 11) is 0. The first-order valence-electron chi connectivity index (χ1n) is 14.0. The minimum absolute atomic E-state index is 0.0660. The Labute approximate surface area is 241 Å². The van der Waals surface area contributed by atoms with Gasteiger partial charge < -0.3 is 45.6 Å². The highest BCUT2D eigenvalue weighted by Gasteiger charge is 2.44.